The quantitative estimate of drug-likeness (QED) is 0.926. The molecular formula is C13H16BrN3S. The molecule has 0 bridgehead atoms. The summed E-state index contributed by atoms with van der Waals surface area (Å²) in [6.07, 6.45) is 0. The molecule has 1 aromatic carbocycles. The molecule has 1 aromatic heterocycles. The zero-order valence-corrected chi connectivity index (χ0v) is 13.0. The minimum atomic E-state index is 0.343. The average Bonchev–Trinajstić information content (AvgIpc) is 2.60. The van der Waals surface area contributed by atoms with Crippen LogP contribution in [0.15, 0.2) is 38.7 Å². The van der Waals surface area contributed by atoms with Crippen molar-refractivity contribution < 1.29 is 0 Å². The van der Waals surface area contributed by atoms with Crippen molar-refractivity contribution in [3.8, 4) is 0 Å². The molecule has 96 valence electrons. The highest BCUT2D eigenvalue weighted by atomic mass is 79.9. The van der Waals surface area contributed by atoms with E-state index in [0.29, 0.717) is 5.92 Å². The van der Waals surface area contributed by atoms with Crippen molar-refractivity contribution in [2.75, 3.05) is 5.73 Å². The molecule has 3 nitrogen and oxygen atoms in total. The van der Waals surface area contributed by atoms with Crippen molar-refractivity contribution >= 4 is 33.4 Å². The molecular weight excluding hydrogens is 310 g/mol. The molecule has 2 N–H and O–H groups in total. The molecule has 0 saturated carbocycles. The molecule has 0 radical (unpaired) electrons. The lowest BCUT2D eigenvalue weighted by molar-refractivity contribution is 0.671. The number of benzene rings is 1. The van der Waals surface area contributed by atoms with Crippen LogP contribution >= 0.6 is 27.7 Å². The van der Waals surface area contributed by atoms with Gasteiger partial charge in [-0.15, -0.1) is 0 Å². The zero-order valence-electron chi connectivity index (χ0n) is 10.6. The standard InChI is InChI=1S/C13H16BrN3S/c1-8(2)12-11(15)13(17(3)16-12)18-10-6-4-9(14)5-7-10/h4-8H,15H2,1-3H3. The second-order valence-corrected chi connectivity index (χ2v) is 6.42. The van der Waals surface area contributed by atoms with Gasteiger partial charge in [0.1, 0.15) is 5.03 Å². The van der Waals surface area contributed by atoms with Crippen LogP contribution in [-0.4, -0.2) is 9.78 Å². The maximum atomic E-state index is 6.17. The average molecular weight is 326 g/mol. The van der Waals surface area contributed by atoms with E-state index in [9.17, 15) is 0 Å². The van der Waals surface area contributed by atoms with Crippen LogP contribution in [0.3, 0.4) is 0 Å². The minimum Gasteiger partial charge on any atom is -0.395 e. The van der Waals surface area contributed by atoms with Gasteiger partial charge in [-0.1, -0.05) is 41.5 Å². The fourth-order valence-corrected chi connectivity index (χ4v) is 2.85. The molecule has 0 amide bonds. The molecule has 0 aliphatic carbocycles. The molecule has 2 rings (SSSR count). The Bertz CT molecular complexity index is 546. The van der Waals surface area contributed by atoms with Gasteiger partial charge < -0.3 is 5.73 Å². The minimum absolute atomic E-state index is 0.343. The number of hydrogen-bond donors (Lipinski definition) is 1. The van der Waals surface area contributed by atoms with Crippen LogP contribution in [-0.2, 0) is 7.05 Å². The van der Waals surface area contributed by atoms with Crippen LogP contribution in [0.2, 0.25) is 0 Å². The number of nitrogen functional groups attached to an aromatic ring is 1. The molecule has 0 aliphatic heterocycles. The molecule has 5 heteroatoms. The lowest BCUT2D eigenvalue weighted by Crippen LogP contribution is -1.94. The van der Waals surface area contributed by atoms with Gasteiger partial charge in [-0.05, 0) is 30.2 Å². The van der Waals surface area contributed by atoms with Gasteiger partial charge in [0.2, 0.25) is 0 Å². The fraction of sp³-hybridized carbons (Fsp3) is 0.308. The van der Waals surface area contributed by atoms with E-state index >= 15 is 0 Å². The summed E-state index contributed by atoms with van der Waals surface area (Å²) in [5.74, 6) is 0.343. The Hall–Kier alpha value is -0.940. The monoisotopic (exact) mass is 325 g/mol. The highest BCUT2D eigenvalue weighted by Crippen LogP contribution is 2.35. The molecule has 2 aromatic rings. The number of nitrogens with zero attached hydrogens (tertiary/aromatic N) is 2. The molecule has 0 unspecified atom stereocenters. The summed E-state index contributed by atoms with van der Waals surface area (Å²) in [5.41, 5.74) is 7.93. The van der Waals surface area contributed by atoms with E-state index in [1.165, 1.54) is 0 Å². The van der Waals surface area contributed by atoms with Crippen molar-refractivity contribution in [1.29, 1.82) is 0 Å². The first-order valence-electron chi connectivity index (χ1n) is 5.75. The molecule has 1 heterocycles. The molecule has 18 heavy (non-hydrogen) atoms. The second-order valence-electron chi connectivity index (χ2n) is 4.44. The first kappa shape index (κ1) is 13.5. The molecule has 0 atom stereocenters. The summed E-state index contributed by atoms with van der Waals surface area (Å²) < 4.78 is 2.94. The maximum Gasteiger partial charge on any atom is 0.122 e. The highest BCUT2D eigenvalue weighted by molar-refractivity contribution is 9.10. The van der Waals surface area contributed by atoms with Gasteiger partial charge in [-0.3, -0.25) is 4.68 Å². The summed E-state index contributed by atoms with van der Waals surface area (Å²) in [4.78, 5) is 1.16. The van der Waals surface area contributed by atoms with Gasteiger partial charge in [-0.2, -0.15) is 5.10 Å². The Morgan fingerprint density at radius 3 is 2.39 bits per heavy atom. The number of nitrogens with two attached hydrogens (primary N) is 1. The number of anilines is 1. The van der Waals surface area contributed by atoms with E-state index in [-0.39, 0.29) is 0 Å². The number of halogens is 1. The van der Waals surface area contributed by atoms with Gasteiger partial charge in [-0.25, -0.2) is 0 Å². The third kappa shape index (κ3) is 2.72. The van der Waals surface area contributed by atoms with Crippen LogP contribution in [0.4, 0.5) is 5.69 Å². The smallest absolute Gasteiger partial charge is 0.122 e. The van der Waals surface area contributed by atoms with E-state index in [1.807, 2.05) is 23.9 Å². The van der Waals surface area contributed by atoms with Crippen molar-refractivity contribution in [3.63, 3.8) is 0 Å². The van der Waals surface area contributed by atoms with Crippen molar-refractivity contribution in [1.82, 2.24) is 9.78 Å². The van der Waals surface area contributed by atoms with Gasteiger partial charge in [0, 0.05) is 16.4 Å². The number of hydrogen-bond acceptors (Lipinski definition) is 3. The molecule has 0 saturated heterocycles. The third-order valence-corrected chi connectivity index (χ3v) is 4.35. The van der Waals surface area contributed by atoms with E-state index in [0.717, 1.165) is 25.8 Å². The Morgan fingerprint density at radius 1 is 1.28 bits per heavy atom. The molecule has 0 aliphatic rings. The maximum absolute atomic E-state index is 6.17. The summed E-state index contributed by atoms with van der Waals surface area (Å²) in [7, 11) is 1.93. The van der Waals surface area contributed by atoms with Crippen LogP contribution in [0.25, 0.3) is 0 Å². The van der Waals surface area contributed by atoms with E-state index in [2.05, 4.69) is 47.0 Å². The van der Waals surface area contributed by atoms with E-state index in [4.69, 9.17) is 5.73 Å². The lowest BCUT2D eigenvalue weighted by Gasteiger charge is -2.04. The van der Waals surface area contributed by atoms with E-state index < -0.39 is 0 Å². The second kappa shape index (κ2) is 5.36. The predicted molar refractivity (Wildman–Crippen MR) is 80.0 cm³/mol. The zero-order chi connectivity index (χ0) is 13.3. The third-order valence-electron chi connectivity index (χ3n) is 2.63. The Morgan fingerprint density at radius 2 is 1.89 bits per heavy atom. The lowest BCUT2D eigenvalue weighted by atomic mass is 10.1. The van der Waals surface area contributed by atoms with Crippen LogP contribution in [0.5, 0.6) is 0 Å². The fourth-order valence-electron chi connectivity index (χ4n) is 1.71. The Labute approximate surface area is 120 Å². The number of aromatic nitrogens is 2. The first-order chi connectivity index (χ1) is 8.49. The summed E-state index contributed by atoms with van der Waals surface area (Å²) >= 11 is 5.07. The summed E-state index contributed by atoms with van der Waals surface area (Å²) in [6, 6.07) is 8.18. The van der Waals surface area contributed by atoms with Gasteiger partial charge in [0.25, 0.3) is 0 Å². The van der Waals surface area contributed by atoms with Gasteiger partial charge in [0.15, 0.2) is 0 Å². The van der Waals surface area contributed by atoms with E-state index in [1.54, 1.807) is 11.8 Å². The number of aryl methyl sites for hydroxylation is 1. The van der Waals surface area contributed by atoms with Crippen molar-refractivity contribution in [2.45, 2.75) is 29.7 Å². The van der Waals surface area contributed by atoms with Crippen LogP contribution in [0.1, 0.15) is 25.5 Å². The Balaban J connectivity index is 2.32. The topological polar surface area (TPSA) is 43.8 Å². The largest absolute Gasteiger partial charge is 0.395 e. The highest BCUT2D eigenvalue weighted by Gasteiger charge is 2.16. The SMILES string of the molecule is CC(C)c1nn(C)c(Sc2ccc(Br)cc2)c1N. The predicted octanol–water partition coefficient (Wildman–Crippen LogP) is 4.04. The van der Waals surface area contributed by atoms with Crippen molar-refractivity contribution in [3.05, 3.63) is 34.4 Å². The van der Waals surface area contributed by atoms with Crippen molar-refractivity contribution in [2.24, 2.45) is 7.05 Å². The van der Waals surface area contributed by atoms with Gasteiger partial charge in [0.05, 0.1) is 11.4 Å². The van der Waals surface area contributed by atoms with Crippen LogP contribution in [0, 0.1) is 0 Å². The Kier molecular flexibility index (Phi) is 4.02. The van der Waals surface area contributed by atoms with Crippen LogP contribution < -0.4 is 5.73 Å². The molecule has 0 fully saturated rings. The summed E-state index contributed by atoms with van der Waals surface area (Å²) in [5, 5.41) is 5.49. The van der Waals surface area contributed by atoms with Gasteiger partial charge >= 0.3 is 0 Å². The number of rotatable bonds is 3. The summed E-state index contributed by atoms with van der Waals surface area (Å²) in [6.45, 7) is 4.21. The normalized spacial score (nSPS) is 11.2. The molecule has 0 spiro atoms. The first-order valence-corrected chi connectivity index (χ1v) is 7.35.